The van der Waals surface area contributed by atoms with Crippen LogP contribution in [0.3, 0.4) is 0 Å². The zero-order valence-corrected chi connectivity index (χ0v) is 20.3. The molecule has 8 nitrogen and oxygen atoms in total. The number of amides is 1. The SMILES string of the molecule is CCOc1ccc(/C(O)=C2\C(=O)C(=O)N(CCN(C)C)C2c2ccccc2OC)c(OCC)c1. The van der Waals surface area contributed by atoms with Crippen LogP contribution < -0.4 is 14.2 Å². The summed E-state index contributed by atoms with van der Waals surface area (Å²) in [5.41, 5.74) is 0.933. The predicted octanol–water partition coefficient (Wildman–Crippen LogP) is 3.48. The maximum atomic E-state index is 13.3. The summed E-state index contributed by atoms with van der Waals surface area (Å²) >= 11 is 0. The van der Waals surface area contributed by atoms with Crippen LogP contribution in [0.1, 0.15) is 31.0 Å². The zero-order chi connectivity index (χ0) is 24.8. The maximum Gasteiger partial charge on any atom is 0.295 e. The smallest absolute Gasteiger partial charge is 0.295 e. The molecule has 0 saturated carbocycles. The van der Waals surface area contributed by atoms with Gasteiger partial charge in [0.25, 0.3) is 11.7 Å². The topological polar surface area (TPSA) is 88.5 Å². The molecule has 2 aromatic rings. The van der Waals surface area contributed by atoms with Gasteiger partial charge >= 0.3 is 0 Å². The van der Waals surface area contributed by atoms with Gasteiger partial charge in [0.1, 0.15) is 23.0 Å². The highest BCUT2D eigenvalue weighted by molar-refractivity contribution is 6.46. The standard InChI is InChI=1S/C26H32N2O6/c1-6-33-17-12-13-19(21(16-17)34-7-2)24(29)22-23(18-10-8-9-11-20(18)32-5)28(15-14-27(3)4)26(31)25(22)30/h8-13,16,23,29H,6-7,14-15H2,1-5H3/b24-22+. The molecule has 1 fully saturated rings. The molecule has 3 rings (SSSR count). The number of ether oxygens (including phenoxy) is 3. The molecule has 1 unspecified atom stereocenters. The minimum atomic E-state index is -0.808. The van der Waals surface area contributed by atoms with Crippen LogP contribution in [-0.4, -0.2) is 74.1 Å². The molecule has 2 aromatic carbocycles. The lowest BCUT2D eigenvalue weighted by molar-refractivity contribution is -0.140. The van der Waals surface area contributed by atoms with E-state index in [2.05, 4.69) is 0 Å². The number of benzene rings is 2. The lowest BCUT2D eigenvalue weighted by Crippen LogP contribution is -2.35. The van der Waals surface area contributed by atoms with Gasteiger partial charge in [-0.15, -0.1) is 0 Å². The number of likely N-dealkylation sites (tertiary alicyclic amines) is 1. The number of Topliss-reactive ketones (excluding diaryl/α,β-unsaturated/α-hetero) is 1. The molecule has 0 bridgehead atoms. The highest BCUT2D eigenvalue weighted by Crippen LogP contribution is 2.44. The van der Waals surface area contributed by atoms with Crippen molar-refractivity contribution >= 4 is 17.4 Å². The fourth-order valence-electron chi connectivity index (χ4n) is 4.01. The molecule has 0 spiro atoms. The van der Waals surface area contributed by atoms with Gasteiger partial charge in [-0.25, -0.2) is 0 Å². The Morgan fingerprint density at radius 3 is 2.38 bits per heavy atom. The number of methoxy groups -OCH3 is 1. The van der Waals surface area contributed by atoms with E-state index in [-0.39, 0.29) is 11.3 Å². The molecule has 0 aliphatic carbocycles. The number of rotatable bonds is 10. The van der Waals surface area contributed by atoms with Gasteiger partial charge < -0.3 is 29.1 Å². The van der Waals surface area contributed by atoms with E-state index in [1.807, 2.05) is 45.0 Å². The quantitative estimate of drug-likeness (QED) is 0.324. The number of hydrogen-bond acceptors (Lipinski definition) is 7. The van der Waals surface area contributed by atoms with Crippen molar-refractivity contribution in [3.63, 3.8) is 0 Å². The van der Waals surface area contributed by atoms with Gasteiger partial charge in [-0.05, 0) is 46.1 Å². The van der Waals surface area contributed by atoms with E-state index in [0.717, 1.165) is 0 Å². The average Bonchev–Trinajstić information content (AvgIpc) is 3.07. The summed E-state index contributed by atoms with van der Waals surface area (Å²) in [6.45, 7) is 5.37. The Bertz CT molecular complexity index is 1080. The molecule has 0 aromatic heterocycles. The van der Waals surface area contributed by atoms with E-state index in [1.165, 1.54) is 12.0 Å². The second-order valence-corrected chi connectivity index (χ2v) is 8.06. The fourth-order valence-corrected chi connectivity index (χ4v) is 4.01. The number of para-hydroxylation sites is 1. The first-order valence-corrected chi connectivity index (χ1v) is 11.3. The van der Waals surface area contributed by atoms with Crippen molar-refractivity contribution in [2.45, 2.75) is 19.9 Å². The Kier molecular flexibility index (Phi) is 8.17. The number of hydrogen-bond donors (Lipinski definition) is 1. The zero-order valence-electron chi connectivity index (χ0n) is 20.3. The first-order valence-electron chi connectivity index (χ1n) is 11.3. The molecule has 1 aliphatic rings. The summed E-state index contributed by atoms with van der Waals surface area (Å²) in [6.07, 6.45) is 0. The van der Waals surface area contributed by atoms with Crippen LogP contribution in [-0.2, 0) is 9.59 Å². The van der Waals surface area contributed by atoms with Crippen LogP contribution in [0.25, 0.3) is 5.76 Å². The first-order chi connectivity index (χ1) is 16.3. The van der Waals surface area contributed by atoms with Gasteiger partial charge in [-0.2, -0.15) is 0 Å². The Morgan fingerprint density at radius 2 is 1.74 bits per heavy atom. The molecule has 1 atom stereocenters. The number of carbonyl (C=O) groups excluding carboxylic acids is 2. The van der Waals surface area contributed by atoms with Crippen LogP contribution >= 0.6 is 0 Å². The Labute approximate surface area is 200 Å². The maximum absolute atomic E-state index is 13.3. The molecule has 1 amide bonds. The minimum Gasteiger partial charge on any atom is -0.507 e. The summed E-state index contributed by atoms with van der Waals surface area (Å²) < 4.78 is 16.8. The third-order valence-corrected chi connectivity index (χ3v) is 5.58. The van der Waals surface area contributed by atoms with Gasteiger partial charge in [0.15, 0.2) is 0 Å². The normalized spacial score (nSPS) is 17.4. The first kappa shape index (κ1) is 25.1. The van der Waals surface area contributed by atoms with E-state index >= 15 is 0 Å². The highest BCUT2D eigenvalue weighted by atomic mass is 16.5. The Hall–Kier alpha value is -3.52. The Morgan fingerprint density at radius 1 is 1.03 bits per heavy atom. The molecular formula is C26H32N2O6. The molecule has 1 aliphatic heterocycles. The van der Waals surface area contributed by atoms with Crippen molar-refractivity contribution in [1.29, 1.82) is 0 Å². The van der Waals surface area contributed by atoms with E-state index in [4.69, 9.17) is 14.2 Å². The van der Waals surface area contributed by atoms with Crippen LogP contribution in [0, 0.1) is 0 Å². The molecule has 1 N–H and O–H groups in total. The third kappa shape index (κ3) is 5.02. The second-order valence-electron chi connectivity index (χ2n) is 8.06. The van der Waals surface area contributed by atoms with E-state index in [1.54, 1.807) is 30.3 Å². The van der Waals surface area contributed by atoms with Crippen molar-refractivity contribution in [3.8, 4) is 17.2 Å². The molecule has 0 radical (unpaired) electrons. The number of nitrogens with zero attached hydrogens (tertiary/aromatic N) is 2. The largest absolute Gasteiger partial charge is 0.507 e. The monoisotopic (exact) mass is 468 g/mol. The number of likely N-dealkylation sites (N-methyl/N-ethyl adjacent to an activating group) is 1. The van der Waals surface area contributed by atoms with Crippen LogP contribution in [0.2, 0.25) is 0 Å². The number of aliphatic hydroxyl groups is 1. The van der Waals surface area contributed by atoms with Gasteiger partial charge in [-0.3, -0.25) is 9.59 Å². The lowest BCUT2D eigenvalue weighted by atomic mass is 9.94. The number of aliphatic hydroxyl groups excluding tert-OH is 1. The van der Waals surface area contributed by atoms with Crippen molar-refractivity contribution in [2.75, 3.05) is 47.5 Å². The molecule has 1 heterocycles. The summed E-state index contributed by atoms with van der Waals surface area (Å²) in [7, 11) is 5.32. The lowest BCUT2D eigenvalue weighted by Gasteiger charge is -2.27. The number of ketones is 1. The van der Waals surface area contributed by atoms with Gasteiger partial charge in [0.05, 0.1) is 37.5 Å². The van der Waals surface area contributed by atoms with Crippen molar-refractivity contribution < 1.29 is 28.9 Å². The highest BCUT2D eigenvalue weighted by Gasteiger charge is 2.47. The number of carbonyl (C=O) groups is 2. The van der Waals surface area contributed by atoms with Crippen LogP contribution in [0.5, 0.6) is 17.2 Å². The fraction of sp³-hybridized carbons (Fsp3) is 0.385. The molecule has 1 saturated heterocycles. The summed E-state index contributed by atoms with van der Waals surface area (Å²) in [6, 6.07) is 11.4. The van der Waals surface area contributed by atoms with Gasteiger partial charge in [0.2, 0.25) is 0 Å². The van der Waals surface area contributed by atoms with E-state index < -0.39 is 17.7 Å². The average molecular weight is 469 g/mol. The van der Waals surface area contributed by atoms with Crippen molar-refractivity contribution in [2.24, 2.45) is 0 Å². The van der Waals surface area contributed by atoms with Gasteiger partial charge in [0, 0.05) is 24.7 Å². The predicted molar refractivity (Wildman–Crippen MR) is 129 cm³/mol. The summed E-state index contributed by atoms with van der Waals surface area (Å²) in [5.74, 6) is -0.244. The van der Waals surface area contributed by atoms with Crippen molar-refractivity contribution in [3.05, 3.63) is 59.2 Å². The molecular weight excluding hydrogens is 436 g/mol. The van der Waals surface area contributed by atoms with Crippen LogP contribution in [0.15, 0.2) is 48.0 Å². The molecule has 182 valence electrons. The third-order valence-electron chi connectivity index (χ3n) is 5.58. The van der Waals surface area contributed by atoms with Gasteiger partial charge in [-0.1, -0.05) is 18.2 Å². The Balaban J connectivity index is 2.22. The second kappa shape index (κ2) is 11.1. The van der Waals surface area contributed by atoms with Crippen molar-refractivity contribution in [1.82, 2.24) is 9.80 Å². The molecule has 8 heteroatoms. The molecule has 34 heavy (non-hydrogen) atoms. The summed E-state index contributed by atoms with van der Waals surface area (Å²) in [4.78, 5) is 29.8. The van der Waals surface area contributed by atoms with E-state index in [9.17, 15) is 14.7 Å². The minimum absolute atomic E-state index is 0.00151. The van der Waals surface area contributed by atoms with Crippen LogP contribution in [0.4, 0.5) is 0 Å². The van der Waals surface area contributed by atoms with E-state index in [0.29, 0.717) is 54.7 Å². The summed E-state index contributed by atoms with van der Waals surface area (Å²) in [5, 5.41) is 11.4.